The van der Waals surface area contributed by atoms with Crippen molar-refractivity contribution in [3.05, 3.63) is 29.6 Å². The number of hydrogen-bond acceptors (Lipinski definition) is 3. The lowest BCUT2D eigenvalue weighted by Gasteiger charge is -2.20. The van der Waals surface area contributed by atoms with Gasteiger partial charge in [0.25, 0.3) is 0 Å². The normalized spacial score (nSPS) is 19.2. The van der Waals surface area contributed by atoms with Gasteiger partial charge < -0.3 is 5.32 Å². The van der Waals surface area contributed by atoms with Gasteiger partial charge in [0.2, 0.25) is 10.0 Å². The van der Waals surface area contributed by atoms with E-state index in [1.165, 1.54) is 16.4 Å². The molecule has 0 aromatic heterocycles. The van der Waals surface area contributed by atoms with Crippen LogP contribution in [-0.2, 0) is 16.6 Å². The van der Waals surface area contributed by atoms with Crippen molar-refractivity contribution in [3.8, 4) is 0 Å². The molecule has 0 atom stereocenters. The lowest BCUT2D eigenvalue weighted by Crippen LogP contribution is -2.33. The molecule has 21 heavy (non-hydrogen) atoms. The van der Waals surface area contributed by atoms with E-state index >= 15 is 0 Å². The standard InChI is InChI=1S/C15H21FN2O2S/c1-2-18(13-6-7-13)21(19,20)15-9-11(3-8-14(15)16)10-17-12-4-5-12/h3,8-9,12-13,17H,2,4-7,10H2,1H3. The van der Waals surface area contributed by atoms with E-state index in [-0.39, 0.29) is 10.9 Å². The minimum absolute atomic E-state index is 0.0487. The second kappa shape index (κ2) is 5.66. The van der Waals surface area contributed by atoms with Gasteiger partial charge in [0.05, 0.1) is 0 Å². The second-order valence-corrected chi connectivity index (χ2v) is 7.72. The lowest BCUT2D eigenvalue weighted by molar-refractivity contribution is 0.416. The van der Waals surface area contributed by atoms with Crippen LogP contribution in [0.2, 0.25) is 0 Å². The van der Waals surface area contributed by atoms with E-state index in [0.717, 1.165) is 31.2 Å². The van der Waals surface area contributed by atoms with Crippen molar-refractivity contribution in [1.29, 1.82) is 0 Å². The largest absolute Gasteiger partial charge is 0.310 e. The molecule has 2 aliphatic carbocycles. The summed E-state index contributed by atoms with van der Waals surface area (Å²) in [7, 11) is -3.73. The number of rotatable bonds is 7. The summed E-state index contributed by atoms with van der Waals surface area (Å²) in [5.74, 6) is -0.663. The van der Waals surface area contributed by atoms with Gasteiger partial charge in [0.15, 0.2) is 0 Å². The van der Waals surface area contributed by atoms with Gasteiger partial charge in [-0.2, -0.15) is 4.31 Å². The first-order chi connectivity index (χ1) is 10.0. The van der Waals surface area contributed by atoms with Crippen molar-refractivity contribution in [2.45, 2.75) is 56.1 Å². The maximum atomic E-state index is 14.0. The van der Waals surface area contributed by atoms with E-state index in [1.54, 1.807) is 13.0 Å². The molecule has 116 valence electrons. The van der Waals surface area contributed by atoms with Crippen LogP contribution in [0.4, 0.5) is 4.39 Å². The van der Waals surface area contributed by atoms with Gasteiger partial charge in [-0.15, -0.1) is 0 Å². The fraction of sp³-hybridized carbons (Fsp3) is 0.600. The number of benzene rings is 1. The SMILES string of the molecule is CCN(C1CC1)S(=O)(=O)c1cc(CNC2CC2)ccc1F. The molecule has 0 spiro atoms. The highest BCUT2D eigenvalue weighted by Crippen LogP contribution is 2.32. The predicted molar refractivity (Wildman–Crippen MR) is 78.8 cm³/mol. The van der Waals surface area contributed by atoms with Crippen LogP contribution in [0.5, 0.6) is 0 Å². The van der Waals surface area contributed by atoms with Crippen LogP contribution in [0.25, 0.3) is 0 Å². The van der Waals surface area contributed by atoms with Crippen LogP contribution in [0.15, 0.2) is 23.1 Å². The van der Waals surface area contributed by atoms with Crippen LogP contribution in [0, 0.1) is 5.82 Å². The molecule has 0 amide bonds. The summed E-state index contributed by atoms with van der Waals surface area (Å²) in [6, 6.07) is 4.97. The van der Waals surface area contributed by atoms with Gasteiger partial charge in [-0.05, 0) is 43.4 Å². The zero-order valence-electron chi connectivity index (χ0n) is 12.2. The summed E-state index contributed by atoms with van der Waals surface area (Å²) in [5.41, 5.74) is 0.814. The first-order valence-electron chi connectivity index (χ1n) is 7.56. The Morgan fingerprint density at radius 1 is 1.29 bits per heavy atom. The Hall–Kier alpha value is -0.980. The first-order valence-corrected chi connectivity index (χ1v) is 9.00. The van der Waals surface area contributed by atoms with Gasteiger partial charge in [0, 0.05) is 25.2 Å². The third-order valence-corrected chi connectivity index (χ3v) is 6.06. The van der Waals surface area contributed by atoms with Gasteiger partial charge in [-0.25, -0.2) is 12.8 Å². The van der Waals surface area contributed by atoms with Gasteiger partial charge >= 0.3 is 0 Å². The van der Waals surface area contributed by atoms with Crippen LogP contribution in [0.1, 0.15) is 38.2 Å². The first kappa shape index (κ1) is 14.9. The van der Waals surface area contributed by atoms with E-state index in [9.17, 15) is 12.8 Å². The van der Waals surface area contributed by atoms with E-state index in [4.69, 9.17) is 0 Å². The van der Waals surface area contributed by atoms with Crippen LogP contribution in [0.3, 0.4) is 0 Å². The highest BCUT2D eigenvalue weighted by molar-refractivity contribution is 7.89. The highest BCUT2D eigenvalue weighted by atomic mass is 32.2. The molecular weight excluding hydrogens is 291 g/mol. The molecule has 4 nitrogen and oxygen atoms in total. The van der Waals surface area contributed by atoms with E-state index in [0.29, 0.717) is 19.1 Å². The number of nitrogens with zero attached hydrogens (tertiary/aromatic N) is 1. The topological polar surface area (TPSA) is 49.4 Å². The highest BCUT2D eigenvalue weighted by Gasteiger charge is 2.38. The Bertz CT molecular complexity index is 625. The zero-order chi connectivity index (χ0) is 15.0. The summed E-state index contributed by atoms with van der Waals surface area (Å²) in [4.78, 5) is -0.189. The molecule has 6 heteroatoms. The molecule has 2 fully saturated rings. The fourth-order valence-corrected chi connectivity index (χ4v) is 4.33. The average Bonchev–Trinajstić information content (AvgIpc) is 3.32. The number of nitrogens with one attached hydrogen (secondary N) is 1. The van der Waals surface area contributed by atoms with Gasteiger partial charge in [-0.1, -0.05) is 13.0 Å². The summed E-state index contributed by atoms with van der Waals surface area (Å²) < 4.78 is 40.7. The van der Waals surface area contributed by atoms with E-state index in [1.807, 2.05) is 0 Å². The Kier molecular flexibility index (Phi) is 4.03. The maximum Gasteiger partial charge on any atom is 0.246 e. The summed E-state index contributed by atoms with van der Waals surface area (Å²) in [6.07, 6.45) is 4.07. The van der Waals surface area contributed by atoms with Crippen molar-refractivity contribution >= 4 is 10.0 Å². The molecule has 2 saturated carbocycles. The molecule has 0 unspecified atom stereocenters. The van der Waals surface area contributed by atoms with Crippen molar-refractivity contribution in [3.63, 3.8) is 0 Å². The molecule has 0 saturated heterocycles. The molecule has 0 bridgehead atoms. The molecule has 3 rings (SSSR count). The zero-order valence-corrected chi connectivity index (χ0v) is 13.0. The van der Waals surface area contributed by atoms with Crippen LogP contribution < -0.4 is 5.32 Å². The summed E-state index contributed by atoms with van der Waals surface area (Å²) in [5, 5.41) is 3.32. The number of sulfonamides is 1. The molecule has 1 N–H and O–H groups in total. The van der Waals surface area contributed by atoms with Crippen molar-refractivity contribution in [2.75, 3.05) is 6.54 Å². The third kappa shape index (κ3) is 3.27. The van der Waals surface area contributed by atoms with Crippen LogP contribution in [-0.4, -0.2) is 31.4 Å². The third-order valence-electron chi connectivity index (χ3n) is 4.02. The minimum atomic E-state index is -3.73. The van der Waals surface area contributed by atoms with E-state index < -0.39 is 15.8 Å². The van der Waals surface area contributed by atoms with Crippen molar-refractivity contribution < 1.29 is 12.8 Å². The Morgan fingerprint density at radius 2 is 2.00 bits per heavy atom. The number of hydrogen-bond donors (Lipinski definition) is 1. The predicted octanol–water partition coefficient (Wildman–Crippen LogP) is 2.25. The lowest BCUT2D eigenvalue weighted by atomic mass is 10.2. The van der Waals surface area contributed by atoms with Crippen molar-refractivity contribution in [2.24, 2.45) is 0 Å². The maximum absolute atomic E-state index is 14.0. The molecule has 2 aliphatic rings. The molecule has 1 aromatic rings. The Balaban J connectivity index is 1.86. The molecular formula is C15H21FN2O2S. The second-order valence-electron chi connectivity index (χ2n) is 5.86. The van der Waals surface area contributed by atoms with Gasteiger partial charge in [0.1, 0.15) is 10.7 Å². The average molecular weight is 312 g/mol. The molecule has 0 radical (unpaired) electrons. The minimum Gasteiger partial charge on any atom is -0.310 e. The summed E-state index contributed by atoms with van der Waals surface area (Å²) >= 11 is 0. The summed E-state index contributed by atoms with van der Waals surface area (Å²) in [6.45, 7) is 2.77. The van der Waals surface area contributed by atoms with E-state index in [2.05, 4.69) is 5.32 Å². The quantitative estimate of drug-likeness (QED) is 0.840. The number of halogens is 1. The molecule has 0 heterocycles. The van der Waals surface area contributed by atoms with Crippen molar-refractivity contribution in [1.82, 2.24) is 9.62 Å². The Labute approximate surface area is 125 Å². The molecule has 0 aliphatic heterocycles. The smallest absolute Gasteiger partial charge is 0.246 e. The Morgan fingerprint density at radius 3 is 2.57 bits per heavy atom. The monoisotopic (exact) mass is 312 g/mol. The van der Waals surface area contributed by atoms with Gasteiger partial charge in [-0.3, -0.25) is 0 Å². The molecule has 1 aromatic carbocycles. The fourth-order valence-electron chi connectivity index (χ4n) is 2.52. The van der Waals surface area contributed by atoms with Crippen LogP contribution >= 0.6 is 0 Å².